The van der Waals surface area contributed by atoms with Gasteiger partial charge in [-0.05, 0) is 7.05 Å². The van der Waals surface area contributed by atoms with E-state index in [2.05, 4.69) is 56.6 Å². The molecule has 0 saturated heterocycles. The van der Waals surface area contributed by atoms with Gasteiger partial charge in [0.05, 0.1) is 0 Å². The first-order valence-electron chi connectivity index (χ1n) is 1.33. The van der Waals surface area contributed by atoms with Crippen LogP contribution in [0.2, 0.25) is 0 Å². The quantitative estimate of drug-likeness (QED) is 0.543. The third kappa shape index (κ3) is 53.9. The van der Waals surface area contributed by atoms with E-state index >= 15 is 0 Å². The summed E-state index contributed by atoms with van der Waals surface area (Å²) < 4.78 is 0. The molecule has 0 aliphatic rings. The van der Waals surface area contributed by atoms with Crippen LogP contribution in [0.5, 0.6) is 0 Å². The van der Waals surface area contributed by atoms with Crippen molar-refractivity contribution in [2.45, 2.75) is 0 Å². The first kappa shape index (κ1) is 12.4. The van der Waals surface area contributed by atoms with Crippen LogP contribution < -0.4 is 5.73 Å². The van der Waals surface area contributed by atoms with E-state index in [1.807, 2.05) is 0 Å². The fourth-order valence-corrected chi connectivity index (χ4v) is 0. The summed E-state index contributed by atoms with van der Waals surface area (Å²) in [6.07, 6.45) is 0. The summed E-state index contributed by atoms with van der Waals surface area (Å²) >= 11 is 13.3. The molecule has 0 atom stereocenters. The monoisotopic (exact) mass is 467 g/mol. The van der Waals surface area contributed by atoms with Crippen molar-refractivity contribution in [2.24, 2.45) is 5.73 Å². The summed E-state index contributed by atoms with van der Waals surface area (Å²) in [7, 11) is -0.430. The molecular weight excluding hydrogens is 464 g/mol. The van der Waals surface area contributed by atoms with Gasteiger partial charge in [-0.25, -0.2) is 0 Å². The zero-order chi connectivity index (χ0) is 6.50. The molecule has 0 fully saturated rings. The van der Waals surface area contributed by atoms with Crippen molar-refractivity contribution in [3.05, 3.63) is 0 Å². The van der Waals surface area contributed by atoms with Crippen molar-refractivity contribution in [3.63, 3.8) is 0 Å². The summed E-state index contributed by atoms with van der Waals surface area (Å²) in [5, 5.41) is 0. The Labute approximate surface area is 71.7 Å². The predicted octanol–water partition coefficient (Wildman–Crippen LogP) is 2.58. The topological polar surface area (TPSA) is 26.0 Å². The summed E-state index contributed by atoms with van der Waals surface area (Å²) in [6.45, 7) is 0. The van der Waals surface area contributed by atoms with Gasteiger partial charge < -0.3 is 5.73 Å². The Bertz CT molecular complexity index is 27.2. The van der Waals surface area contributed by atoms with Gasteiger partial charge >= 0.3 is 60.3 Å². The molecule has 0 aromatic rings. The molecule has 0 amide bonds. The van der Waals surface area contributed by atoms with Gasteiger partial charge in [0, 0.05) is 0 Å². The number of hydrogen-bond acceptors (Lipinski definition) is 1. The Kier molecular flexibility index (Phi) is 12.0. The summed E-state index contributed by atoms with van der Waals surface area (Å²) in [6, 6.07) is 0. The molecule has 0 saturated carbocycles. The van der Waals surface area contributed by atoms with Crippen LogP contribution in [0.4, 0.5) is 0 Å². The van der Waals surface area contributed by atoms with E-state index in [9.17, 15) is 0 Å². The third-order valence-corrected chi connectivity index (χ3v) is 0. The van der Waals surface area contributed by atoms with Crippen molar-refractivity contribution in [2.75, 3.05) is 7.05 Å². The molecule has 1 nitrogen and oxygen atoms in total. The maximum absolute atomic E-state index is 4.50. The van der Waals surface area contributed by atoms with Gasteiger partial charge in [0.15, 0.2) is 0 Å². The second-order valence-electron chi connectivity index (χ2n) is 0.429. The van der Waals surface area contributed by atoms with Gasteiger partial charge in [-0.2, -0.15) is 0 Å². The van der Waals surface area contributed by atoms with Gasteiger partial charge in [-0.15, -0.1) is 0 Å². The minimum absolute atomic E-state index is 1.50. The standard InChI is InChI=1S/CH5N.4BrH.Sn/c1-2;;;;;/h2H2,1H3;4*1H;/q;;;;;+4/p-4. The maximum atomic E-state index is 4.50. The van der Waals surface area contributed by atoms with E-state index in [0.717, 1.165) is 0 Å². The van der Waals surface area contributed by atoms with Gasteiger partial charge in [0.2, 0.25) is 0 Å². The van der Waals surface area contributed by atoms with Gasteiger partial charge in [-0.3, -0.25) is 0 Å². The molecule has 0 heterocycles. The zero-order valence-corrected chi connectivity index (χ0v) is 12.8. The molecule has 0 unspecified atom stereocenters. The van der Waals surface area contributed by atoms with Crippen molar-refractivity contribution in [1.82, 2.24) is 0 Å². The van der Waals surface area contributed by atoms with Crippen LogP contribution in [0, 0.1) is 0 Å². The molecule has 0 rings (SSSR count). The molecule has 0 spiro atoms. The third-order valence-electron chi connectivity index (χ3n) is 0. The van der Waals surface area contributed by atoms with E-state index in [4.69, 9.17) is 0 Å². The Balaban J connectivity index is 0. The first-order chi connectivity index (χ1) is 3.00. The van der Waals surface area contributed by atoms with Crippen LogP contribution in [-0.4, -0.2) is 16.5 Å². The van der Waals surface area contributed by atoms with E-state index in [1.54, 1.807) is 0 Å². The van der Waals surface area contributed by atoms with Gasteiger partial charge in [-0.1, -0.05) is 0 Å². The number of rotatable bonds is 0. The molecule has 0 aliphatic heterocycles. The van der Waals surface area contributed by atoms with Crippen molar-refractivity contribution >= 4 is 60.3 Å². The SMILES string of the molecule is CN.[Br][Sn]([Br])([Br])[Br]. The second-order valence-corrected chi connectivity index (χ2v) is 77.6. The molecule has 0 aromatic carbocycles. The average Bonchev–Trinajstić information content (AvgIpc) is 1.36. The molecular formula is CH5Br4NSn. The number of nitrogens with two attached hydrogens (primary N) is 1. The number of hydrogen-bond donors (Lipinski definition) is 1. The van der Waals surface area contributed by atoms with Gasteiger partial charge in [0.1, 0.15) is 0 Å². The molecule has 0 aromatic heterocycles. The van der Waals surface area contributed by atoms with Crippen LogP contribution in [0.15, 0.2) is 0 Å². The van der Waals surface area contributed by atoms with Crippen molar-refractivity contribution < 1.29 is 0 Å². The van der Waals surface area contributed by atoms with E-state index in [0.29, 0.717) is 0 Å². The molecule has 0 bridgehead atoms. The molecule has 2 N–H and O–H groups in total. The number of halogens is 4. The summed E-state index contributed by atoms with van der Waals surface area (Å²) in [5.41, 5.74) is 4.50. The van der Waals surface area contributed by atoms with Crippen LogP contribution in [0.25, 0.3) is 0 Å². The van der Waals surface area contributed by atoms with Crippen LogP contribution in [0.3, 0.4) is 0 Å². The van der Waals surface area contributed by atoms with Gasteiger partial charge in [0.25, 0.3) is 0 Å². The van der Waals surface area contributed by atoms with E-state index in [-0.39, 0.29) is 0 Å². The summed E-state index contributed by atoms with van der Waals surface area (Å²) in [5.74, 6) is 0. The normalized spacial score (nSPS) is 9.43. The molecule has 0 aliphatic carbocycles. The fourth-order valence-electron chi connectivity index (χ4n) is 0. The van der Waals surface area contributed by atoms with Crippen LogP contribution in [-0.2, 0) is 0 Å². The zero-order valence-electron chi connectivity index (χ0n) is 3.59. The average molecular weight is 469 g/mol. The van der Waals surface area contributed by atoms with E-state index < -0.39 is 9.49 Å². The van der Waals surface area contributed by atoms with E-state index in [1.165, 1.54) is 7.05 Å². The molecule has 0 radical (unpaired) electrons. The Morgan fingerprint density at radius 1 is 1.00 bits per heavy atom. The second kappa shape index (κ2) is 6.79. The molecule has 46 valence electrons. The van der Waals surface area contributed by atoms with Crippen LogP contribution in [0.1, 0.15) is 0 Å². The summed E-state index contributed by atoms with van der Waals surface area (Å²) in [4.78, 5) is 0. The molecule has 6 heteroatoms. The Hall–Kier alpha value is 2.68. The van der Waals surface area contributed by atoms with Crippen molar-refractivity contribution in [3.8, 4) is 0 Å². The van der Waals surface area contributed by atoms with Crippen LogP contribution >= 0.6 is 50.8 Å². The fraction of sp³-hybridized carbons (Fsp3) is 1.00. The Morgan fingerprint density at radius 3 is 1.00 bits per heavy atom. The molecule has 7 heavy (non-hydrogen) atoms. The minimum atomic E-state index is -1.93. The first-order valence-corrected chi connectivity index (χ1v) is 26.9. The predicted molar refractivity (Wildman–Crippen MR) is 51.6 cm³/mol. The van der Waals surface area contributed by atoms with Crippen molar-refractivity contribution in [1.29, 1.82) is 0 Å². The Morgan fingerprint density at radius 2 is 1.00 bits per heavy atom.